The van der Waals surface area contributed by atoms with Gasteiger partial charge in [0.15, 0.2) is 6.61 Å². The summed E-state index contributed by atoms with van der Waals surface area (Å²) in [6.45, 7) is 1.62. The summed E-state index contributed by atoms with van der Waals surface area (Å²) in [4.78, 5) is 20.9. The van der Waals surface area contributed by atoms with Crippen LogP contribution in [0.3, 0.4) is 0 Å². The zero-order valence-corrected chi connectivity index (χ0v) is 14.2. The molecule has 128 valence electrons. The van der Waals surface area contributed by atoms with Crippen molar-refractivity contribution in [3.8, 4) is 11.4 Å². The number of aromatic nitrogens is 3. The molecule has 0 amide bonds. The third-order valence-corrected chi connectivity index (χ3v) is 4.70. The van der Waals surface area contributed by atoms with Gasteiger partial charge in [-0.2, -0.15) is 4.98 Å². The van der Waals surface area contributed by atoms with Crippen LogP contribution in [0.1, 0.15) is 23.2 Å². The molecule has 0 aliphatic rings. The largest absolute Gasteiger partial charge is 0.452 e. The van der Waals surface area contributed by atoms with Crippen LogP contribution in [0.5, 0.6) is 0 Å². The molecule has 2 aromatic heterocycles. The molecule has 25 heavy (non-hydrogen) atoms. The van der Waals surface area contributed by atoms with Gasteiger partial charge in [-0.05, 0) is 24.3 Å². The number of benzene rings is 1. The van der Waals surface area contributed by atoms with Crippen LogP contribution < -0.4 is 0 Å². The van der Waals surface area contributed by atoms with E-state index >= 15 is 0 Å². The lowest BCUT2D eigenvalue weighted by atomic mass is 10.2. The Kier molecular flexibility index (Phi) is 5.30. The van der Waals surface area contributed by atoms with Crippen LogP contribution in [0.25, 0.3) is 11.4 Å². The van der Waals surface area contributed by atoms with Gasteiger partial charge in [0.1, 0.15) is 0 Å². The lowest BCUT2D eigenvalue weighted by Gasteiger charge is -2.07. The number of ether oxygens (including phenoxy) is 1. The second kappa shape index (κ2) is 7.80. The maximum Gasteiger partial charge on any atom is 0.339 e. The van der Waals surface area contributed by atoms with Gasteiger partial charge in [-0.25, -0.2) is 4.79 Å². The number of pyridine rings is 1. The van der Waals surface area contributed by atoms with E-state index in [0.29, 0.717) is 22.0 Å². The normalized spacial score (nSPS) is 11.9. The highest BCUT2D eigenvalue weighted by atomic mass is 32.2. The molecule has 1 atom stereocenters. The molecular weight excluding hydrogens is 342 g/mol. The fourth-order valence-electron chi connectivity index (χ4n) is 2.12. The monoisotopic (exact) mass is 357 g/mol. The van der Waals surface area contributed by atoms with E-state index in [1.807, 2.05) is 0 Å². The molecule has 8 heteroatoms. The summed E-state index contributed by atoms with van der Waals surface area (Å²) in [7, 11) is -1.25. The number of rotatable bonds is 6. The number of carbonyl (C=O) groups excluding carboxylic acids is 1. The van der Waals surface area contributed by atoms with Crippen molar-refractivity contribution < 1.29 is 18.3 Å². The predicted octanol–water partition coefficient (Wildman–Crippen LogP) is 2.62. The van der Waals surface area contributed by atoms with Crippen LogP contribution in [0.15, 0.2) is 58.2 Å². The SMILES string of the molecule is CCS(=O)c1ccccc1C(=O)OCc1nc(-c2cccnc2)no1. The molecule has 0 saturated heterocycles. The van der Waals surface area contributed by atoms with Crippen LogP contribution in [0.4, 0.5) is 0 Å². The molecule has 0 radical (unpaired) electrons. The molecule has 1 aromatic carbocycles. The van der Waals surface area contributed by atoms with E-state index in [1.54, 1.807) is 55.7 Å². The van der Waals surface area contributed by atoms with Crippen molar-refractivity contribution in [2.45, 2.75) is 18.4 Å². The average molecular weight is 357 g/mol. The van der Waals surface area contributed by atoms with Gasteiger partial charge in [0, 0.05) is 23.7 Å². The summed E-state index contributed by atoms with van der Waals surface area (Å²) >= 11 is 0. The van der Waals surface area contributed by atoms with Crippen LogP contribution >= 0.6 is 0 Å². The summed E-state index contributed by atoms with van der Waals surface area (Å²) in [5, 5.41) is 3.83. The Balaban J connectivity index is 1.70. The lowest BCUT2D eigenvalue weighted by molar-refractivity contribution is 0.0425. The quantitative estimate of drug-likeness (QED) is 0.626. The first kappa shape index (κ1) is 17.0. The Labute approximate surface area is 146 Å². The minimum Gasteiger partial charge on any atom is -0.452 e. The fraction of sp³-hybridized carbons (Fsp3) is 0.176. The van der Waals surface area contributed by atoms with Gasteiger partial charge in [0.2, 0.25) is 5.82 Å². The number of esters is 1. The highest BCUT2D eigenvalue weighted by Crippen LogP contribution is 2.17. The molecule has 0 aliphatic carbocycles. The van der Waals surface area contributed by atoms with Crippen LogP contribution in [-0.4, -0.2) is 31.1 Å². The maximum atomic E-state index is 12.3. The van der Waals surface area contributed by atoms with E-state index in [1.165, 1.54) is 0 Å². The van der Waals surface area contributed by atoms with Gasteiger partial charge in [0.25, 0.3) is 5.89 Å². The van der Waals surface area contributed by atoms with Crippen molar-refractivity contribution in [2.24, 2.45) is 0 Å². The topological polar surface area (TPSA) is 95.2 Å². The molecule has 0 N–H and O–H groups in total. The van der Waals surface area contributed by atoms with Crippen molar-refractivity contribution in [2.75, 3.05) is 5.75 Å². The number of carbonyl (C=O) groups is 1. The highest BCUT2D eigenvalue weighted by molar-refractivity contribution is 7.85. The van der Waals surface area contributed by atoms with Crippen molar-refractivity contribution in [1.29, 1.82) is 0 Å². The molecule has 7 nitrogen and oxygen atoms in total. The second-order valence-corrected chi connectivity index (χ2v) is 6.67. The number of nitrogens with zero attached hydrogens (tertiary/aromatic N) is 3. The van der Waals surface area contributed by atoms with E-state index in [-0.39, 0.29) is 18.1 Å². The third kappa shape index (κ3) is 3.97. The molecular formula is C17H15N3O4S. The van der Waals surface area contributed by atoms with Crippen LogP contribution in [0.2, 0.25) is 0 Å². The first-order valence-electron chi connectivity index (χ1n) is 7.56. The minimum atomic E-state index is -1.25. The molecule has 0 bridgehead atoms. The van der Waals surface area contributed by atoms with E-state index < -0.39 is 16.8 Å². The zero-order chi connectivity index (χ0) is 17.6. The molecule has 0 fully saturated rings. The Bertz CT molecular complexity index is 896. The average Bonchev–Trinajstić information content (AvgIpc) is 3.15. The molecule has 3 rings (SSSR count). The first-order chi connectivity index (χ1) is 12.2. The summed E-state index contributed by atoms with van der Waals surface area (Å²) in [5.41, 5.74) is 0.974. The minimum absolute atomic E-state index is 0.167. The van der Waals surface area contributed by atoms with E-state index in [2.05, 4.69) is 15.1 Å². The summed E-state index contributed by atoms with van der Waals surface area (Å²) in [5.74, 6) is 0.369. The van der Waals surface area contributed by atoms with Crippen LogP contribution in [0, 0.1) is 0 Å². The third-order valence-electron chi connectivity index (χ3n) is 3.33. The predicted molar refractivity (Wildman–Crippen MR) is 90.0 cm³/mol. The Morgan fingerprint density at radius 1 is 1.24 bits per heavy atom. The molecule has 2 heterocycles. The standard InChI is InChI=1S/C17H15N3O4S/c1-2-25(22)14-8-4-3-7-13(14)17(21)23-11-15-19-16(20-24-15)12-6-5-9-18-10-12/h3-10H,2,11H2,1H3. The Morgan fingerprint density at radius 2 is 2.08 bits per heavy atom. The fourth-order valence-corrected chi connectivity index (χ4v) is 3.06. The molecule has 0 aliphatic heterocycles. The van der Waals surface area contributed by atoms with Gasteiger partial charge >= 0.3 is 5.97 Å². The molecule has 0 spiro atoms. The van der Waals surface area contributed by atoms with Crippen molar-refractivity contribution in [3.63, 3.8) is 0 Å². The van der Waals surface area contributed by atoms with Gasteiger partial charge in [-0.3, -0.25) is 9.19 Å². The van der Waals surface area contributed by atoms with E-state index in [9.17, 15) is 9.00 Å². The number of hydrogen-bond donors (Lipinski definition) is 0. The van der Waals surface area contributed by atoms with Gasteiger partial charge < -0.3 is 9.26 Å². The van der Waals surface area contributed by atoms with Gasteiger partial charge in [-0.1, -0.05) is 24.2 Å². The van der Waals surface area contributed by atoms with Crippen molar-refractivity contribution in [3.05, 3.63) is 60.2 Å². The molecule has 0 saturated carbocycles. The Morgan fingerprint density at radius 3 is 2.84 bits per heavy atom. The van der Waals surface area contributed by atoms with E-state index in [4.69, 9.17) is 9.26 Å². The smallest absolute Gasteiger partial charge is 0.339 e. The summed E-state index contributed by atoms with van der Waals surface area (Å²) in [6.07, 6.45) is 3.25. The maximum absolute atomic E-state index is 12.3. The molecule has 3 aromatic rings. The number of hydrogen-bond acceptors (Lipinski definition) is 7. The van der Waals surface area contributed by atoms with Crippen molar-refractivity contribution >= 4 is 16.8 Å². The summed E-state index contributed by atoms with van der Waals surface area (Å²) in [6, 6.07) is 10.2. The Hall–Kier alpha value is -2.87. The second-order valence-electron chi connectivity index (χ2n) is 4.96. The molecule has 1 unspecified atom stereocenters. The first-order valence-corrected chi connectivity index (χ1v) is 8.88. The summed E-state index contributed by atoms with van der Waals surface area (Å²) < 4.78 is 22.3. The van der Waals surface area contributed by atoms with Crippen LogP contribution in [-0.2, 0) is 22.1 Å². The zero-order valence-electron chi connectivity index (χ0n) is 13.4. The van der Waals surface area contributed by atoms with Crippen molar-refractivity contribution in [1.82, 2.24) is 15.1 Å². The lowest BCUT2D eigenvalue weighted by Crippen LogP contribution is -2.10. The highest BCUT2D eigenvalue weighted by Gasteiger charge is 2.17. The van der Waals surface area contributed by atoms with Gasteiger partial charge in [0.05, 0.1) is 21.3 Å². The van der Waals surface area contributed by atoms with Gasteiger partial charge in [-0.15, -0.1) is 0 Å². The van der Waals surface area contributed by atoms with E-state index in [0.717, 1.165) is 0 Å².